The van der Waals surface area contributed by atoms with Gasteiger partial charge in [0, 0.05) is 12.7 Å². The summed E-state index contributed by atoms with van der Waals surface area (Å²) in [5, 5.41) is 2.87. The number of hydrogen-bond acceptors (Lipinski definition) is 2. The molecule has 1 aromatic rings. The second kappa shape index (κ2) is 7.48. The molecular formula is C13H17BrFNO2. The molecule has 0 fully saturated rings. The van der Waals surface area contributed by atoms with Crippen LogP contribution in [0.4, 0.5) is 4.39 Å². The van der Waals surface area contributed by atoms with E-state index in [0.29, 0.717) is 12.2 Å². The summed E-state index contributed by atoms with van der Waals surface area (Å²) in [7, 11) is 1.60. The van der Waals surface area contributed by atoms with Gasteiger partial charge >= 0.3 is 0 Å². The van der Waals surface area contributed by atoms with Crippen LogP contribution < -0.4 is 5.32 Å². The first-order valence-corrected chi connectivity index (χ1v) is 6.62. The average molecular weight is 318 g/mol. The summed E-state index contributed by atoms with van der Waals surface area (Å²) in [5.74, 6) is -0.597. The molecule has 3 nitrogen and oxygen atoms in total. The van der Waals surface area contributed by atoms with Crippen LogP contribution in [0.1, 0.15) is 30.1 Å². The van der Waals surface area contributed by atoms with Crippen molar-refractivity contribution < 1.29 is 13.9 Å². The summed E-state index contributed by atoms with van der Waals surface area (Å²) in [6, 6.07) is 4.19. The van der Waals surface area contributed by atoms with Crippen molar-refractivity contribution in [3.8, 4) is 0 Å². The molecule has 1 amide bonds. The number of hydrogen-bond donors (Lipinski definition) is 1. The molecule has 1 rings (SSSR count). The van der Waals surface area contributed by atoms with E-state index in [9.17, 15) is 9.18 Å². The lowest BCUT2D eigenvalue weighted by Gasteiger charge is -2.17. The molecule has 0 saturated heterocycles. The SMILES string of the molecule is CCCC(COC)NC(=O)c1ccc(F)c(Br)c1. The minimum absolute atomic E-state index is 0.0173. The highest BCUT2D eigenvalue weighted by Crippen LogP contribution is 2.17. The van der Waals surface area contributed by atoms with Gasteiger partial charge < -0.3 is 10.1 Å². The molecule has 18 heavy (non-hydrogen) atoms. The summed E-state index contributed by atoms with van der Waals surface area (Å²) in [6.45, 7) is 2.52. The molecular weight excluding hydrogens is 301 g/mol. The number of ether oxygens (including phenoxy) is 1. The van der Waals surface area contributed by atoms with Crippen molar-refractivity contribution in [2.24, 2.45) is 0 Å². The first kappa shape index (κ1) is 15.1. The zero-order chi connectivity index (χ0) is 13.5. The third kappa shape index (κ3) is 4.38. The first-order valence-electron chi connectivity index (χ1n) is 5.83. The van der Waals surface area contributed by atoms with E-state index < -0.39 is 0 Å². The third-order valence-electron chi connectivity index (χ3n) is 2.52. The second-order valence-electron chi connectivity index (χ2n) is 4.04. The van der Waals surface area contributed by atoms with Gasteiger partial charge in [0.1, 0.15) is 5.82 Å². The lowest BCUT2D eigenvalue weighted by molar-refractivity contribution is 0.0891. The van der Waals surface area contributed by atoms with E-state index in [2.05, 4.69) is 21.2 Å². The van der Waals surface area contributed by atoms with E-state index >= 15 is 0 Å². The molecule has 0 heterocycles. The van der Waals surface area contributed by atoms with Crippen molar-refractivity contribution >= 4 is 21.8 Å². The molecule has 0 aliphatic heterocycles. The van der Waals surface area contributed by atoms with Crippen LogP contribution in [0.2, 0.25) is 0 Å². The van der Waals surface area contributed by atoms with Crippen molar-refractivity contribution in [1.29, 1.82) is 0 Å². The maximum Gasteiger partial charge on any atom is 0.251 e. The summed E-state index contributed by atoms with van der Waals surface area (Å²) in [5.41, 5.74) is 0.431. The quantitative estimate of drug-likeness (QED) is 0.875. The zero-order valence-electron chi connectivity index (χ0n) is 10.5. The van der Waals surface area contributed by atoms with Crippen LogP contribution in [0.15, 0.2) is 22.7 Å². The van der Waals surface area contributed by atoms with E-state index in [4.69, 9.17) is 4.74 Å². The minimum atomic E-state index is -0.381. The summed E-state index contributed by atoms with van der Waals surface area (Å²) in [4.78, 5) is 12.0. The van der Waals surface area contributed by atoms with Gasteiger partial charge in [0.05, 0.1) is 17.1 Å². The maximum absolute atomic E-state index is 13.1. The number of benzene rings is 1. The smallest absolute Gasteiger partial charge is 0.251 e. The molecule has 0 bridgehead atoms. The van der Waals surface area contributed by atoms with E-state index in [1.165, 1.54) is 18.2 Å². The number of rotatable bonds is 6. The van der Waals surface area contributed by atoms with Gasteiger partial charge in [0.15, 0.2) is 0 Å². The fraction of sp³-hybridized carbons (Fsp3) is 0.462. The fourth-order valence-electron chi connectivity index (χ4n) is 1.65. The molecule has 1 atom stereocenters. The van der Waals surface area contributed by atoms with Crippen molar-refractivity contribution in [3.05, 3.63) is 34.1 Å². The number of carbonyl (C=O) groups excluding carboxylic acids is 1. The Bertz CT molecular complexity index is 406. The Morgan fingerprint density at radius 1 is 1.56 bits per heavy atom. The molecule has 0 aliphatic rings. The van der Waals surface area contributed by atoms with Crippen LogP contribution in [-0.4, -0.2) is 25.7 Å². The Kier molecular flexibility index (Phi) is 6.29. The van der Waals surface area contributed by atoms with Gasteiger partial charge in [-0.3, -0.25) is 4.79 Å². The summed E-state index contributed by atoms with van der Waals surface area (Å²) in [6.07, 6.45) is 1.81. The maximum atomic E-state index is 13.1. The molecule has 0 saturated carbocycles. The second-order valence-corrected chi connectivity index (χ2v) is 4.90. The average Bonchev–Trinajstić information content (AvgIpc) is 2.33. The Labute approximate surface area is 115 Å². The number of amides is 1. The van der Waals surface area contributed by atoms with E-state index in [0.717, 1.165) is 12.8 Å². The molecule has 0 aliphatic carbocycles. The monoisotopic (exact) mass is 317 g/mol. The minimum Gasteiger partial charge on any atom is -0.383 e. The van der Waals surface area contributed by atoms with Gasteiger partial charge in [-0.05, 0) is 40.5 Å². The van der Waals surface area contributed by atoms with Crippen molar-refractivity contribution in [1.82, 2.24) is 5.32 Å². The fourth-order valence-corrected chi connectivity index (χ4v) is 2.03. The van der Waals surface area contributed by atoms with Gasteiger partial charge in [-0.1, -0.05) is 13.3 Å². The van der Waals surface area contributed by atoms with Crippen molar-refractivity contribution in [2.45, 2.75) is 25.8 Å². The van der Waals surface area contributed by atoms with Crippen LogP contribution >= 0.6 is 15.9 Å². The zero-order valence-corrected chi connectivity index (χ0v) is 12.1. The Morgan fingerprint density at radius 2 is 2.28 bits per heavy atom. The normalized spacial score (nSPS) is 12.2. The summed E-state index contributed by atoms with van der Waals surface area (Å²) >= 11 is 3.06. The van der Waals surface area contributed by atoms with E-state index in [1.807, 2.05) is 6.92 Å². The van der Waals surface area contributed by atoms with Gasteiger partial charge in [-0.2, -0.15) is 0 Å². The molecule has 0 radical (unpaired) electrons. The van der Waals surface area contributed by atoms with Gasteiger partial charge in [0.25, 0.3) is 5.91 Å². The van der Waals surface area contributed by atoms with Gasteiger partial charge in [-0.25, -0.2) is 4.39 Å². The largest absolute Gasteiger partial charge is 0.383 e. The number of methoxy groups -OCH3 is 1. The summed E-state index contributed by atoms with van der Waals surface area (Å²) < 4.78 is 18.4. The lowest BCUT2D eigenvalue weighted by atomic mass is 10.1. The topological polar surface area (TPSA) is 38.3 Å². The van der Waals surface area contributed by atoms with Crippen LogP contribution in [-0.2, 0) is 4.74 Å². The van der Waals surface area contributed by atoms with Crippen LogP contribution in [0.3, 0.4) is 0 Å². The standard InChI is InChI=1S/C13H17BrFNO2/c1-3-4-10(8-18-2)16-13(17)9-5-6-12(15)11(14)7-9/h5-7,10H,3-4,8H2,1-2H3,(H,16,17). The van der Waals surface area contributed by atoms with Crippen molar-refractivity contribution in [2.75, 3.05) is 13.7 Å². The van der Waals surface area contributed by atoms with Gasteiger partial charge in [0.2, 0.25) is 0 Å². The number of nitrogens with one attached hydrogen (secondary N) is 1. The third-order valence-corrected chi connectivity index (χ3v) is 3.13. The molecule has 1 aromatic carbocycles. The van der Waals surface area contributed by atoms with Crippen LogP contribution in [0.5, 0.6) is 0 Å². The molecule has 100 valence electrons. The Morgan fingerprint density at radius 3 is 2.83 bits per heavy atom. The molecule has 1 unspecified atom stereocenters. The highest BCUT2D eigenvalue weighted by molar-refractivity contribution is 9.10. The molecule has 0 aromatic heterocycles. The van der Waals surface area contributed by atoms with E-state index in [-0.39, 0.29) is 22.2 Å². The first-order chi connectivity index (χ1) is 8.58. The molecule has 1 N–H and O–H groups in total. The molecule has 0 spiro atoms. The van der Waals surface area contributed by atoms with E-state index in [1.54, 1.807) is 7.11 Å². The predicted octanol–water partition coefficient (Wildman–Crippen LogP) is 3.13. The Hall–Kier alpha value is -0.940. The van der Waals surface area contributed by atoms with Crippen LogP contribution in [0, 0.1) is 5.82 Å². The van der Waals surface area contributed by atoms with Gasteiger partial charge in [-0.15, -0.1) is 0 Å². The number of halogens is 2. The lowest BCUT2D eigenvalue weighted by Crippen LogP contribution is -2.37. The van der Waals surface area contributed by atoms with Crippen LogP contribution in [0.25, 0.3) is 0 Å². The Balaban J connectivity index is 2.70. The predicted molar refractivity (Wildman–Crippen MR) is 72.1 cm³/mol. The highest BCUT2D eigenvalue weighted by atomic mass is 79.9. The highest BCUT2D eigenvalue weighted by Gasteiger charge is 2.14. The number of carbonyl (C=O) groups is 1. The molecule has 5 heteroatoms. The van der Waals surface area contributed by atoms with Crippen molar-refractivity contribution in [3.63, 3.8) is 0 Å².